The van der Waals surface area contributed by atoms with Gasteiger partial charge in [-0.15, -0.1) is 11.3 Å². The SMILES string of the molecule is COC(C)CCC(Cc1cn2ccsc2n1)NN. The average molecular weight is 268 g/mol. The van der Waals surface area contributed by atoms with Gasteiger partial charge in [-0.2, -0.15) is 0 Å². The van der Waals surface area contributed by atoms with E-state index in [4.69, 9.17) is 10.6 Å². The monoisotopic (exact) mass is 268 g/mol. The van der Waals surface area contributed by atoms with E-state index >= 15 is 0 Å². The zero-order chi connectivity index (χ0) is 13.0. The summed E-state index contributed by atoms with van der Waals surface area (Å²) in [5.74, 6) is 5.60. The molecule has 100 valence electrons. The number of methoxy groups -OCH3 is 1. The lowest BCUT2D eigenvalue weighted by molar-refractivity contribution is 0.106. The first-order valence-electron chi connectivity index (χ1n) is 6.13. The van der Waals surface area contributed by atoms with Gasteiger partial charge in [0, 0.05) is 37.3 Å². The first-order chi connectivity index (χ1) is 8.72. The molecule has 0 saturated carbocycles. The minimum absolute atomic E-state index is 0.243. The molecule has 2 atom stereocenters. The molecule has 0 spiro atoms. The van der Waals surface area contributed by atoms with E-state index in [2.05, 4.69) is 23.5 Å². The highest BCUT2D eigenvalue weighted by Gasteiger charge is 2.12. The number of nitrogens with one attached hydrogen (secondary N) is 1. The molecule has 0 saturated heterocycles. The molecule has 2 heterocycles. The molecule has 2 rings (SSSR count). The van der Waals surface area contributed by atoms with Gasteiger partial charge in [0.05, 0.1) is 11.8 Å². The van der Waals surface area contributed by atoms with E-state index in [1.165, 1.54) is 0 Å². The lowest BCUT2D eigenvalue weighted by Crippen LogP contribution is -2.37. The van der Waals surface area contributed by atoms with Crippen molar-refractivity contribution in [3.8, 4) is 0 Å². The van der Waals surface area contributed by atoms with Gasteiger partial charge in [0.25, 0.3) is 0 Å². The largest absolute Gasteiger partial charge is 0.382 e. The molecule has 0 fully saturated rings. The summed E-state index contributed by atoms with van der Waals surface area (Å²) in [5, 5.41) is 2.03. The Morgan fingerprint density at radius 3 is 3.06 bits per heavy atom. The van der Waals surface area contributed by atoms with E-state index < -0.39 is 0 Å². The summed E-state index contributed by atoms with van der Waals surface area (Å²) < 4.78 is 7.29. The Labute approximate surface area is 111 Å². The van der Waals surface area contributed by atoms with Crippen LogP contribution in [0, 0.1) is 0 Å². The standard InChI is InChI=1S/C12H20N4OS/c1-9(17-2)3-4-10(15-13)7-11-8-16-5-6-18-12(16)14-11/h5-6,8-10,15H,3-4,7,13H2,1-2H3. The van der Waals surface area contributed by atoms with Crippen molar-refractivity contribution in [3.05, 3.63) is 23.5 Å². The quantitative estimate of drug-likeness (QED) is 0.591. The molecule has 0 bridgehead atoms. The molecular weight excluding hydrogens is 248 g/mol. The van der Waals surface area contributed by atoms with Gasteiger partial charge in [-0.3, -0.25) is 15.7 Å². The average Bonchev–Trinajstić information content (AvgIpc) is 2.94. The number of hydrazine groups is 1. The molecule has 2 aromatic rings. The topological polar surface area (TPSA) is 64.6 Å². The minimum Gasteiger partial charge on any atom is -0.382 e. The first-order valence-corrected chi connectivity index (χ1v) is 7.01. The first kappa shape index (κ1) is 13.5. The van der Waals surface area contributed by atoms with Crippen molar-refractivity contribution in [1.29, 1.82) is 0 Å². The van der Waals surface area contributed by atoms with Crippen LogP contribution in [0.1, 0.15) is 25.5 Å². The van der Waals surface area contributed by atoms with Gasteiger partial charge in [0.15, 0.2) is 4.96 Å². The highest BCUT2D eigenvalue weighted by Crippen LogP contribution is 2.14. The minimum atomic E-state index is 0.243. The number of fused-ring (bicyclic) bond motifs is 1. The molecular formula is C12H20N4OS. The Balaban J connectivity index is 1.91. The van der Waals surface area contributed by atoms with E-state index in [0.717, 1.165) is 29.9 Å². The summed E-state index contributed by atoms with van der Waals surface area (Å²) in [6, 6.07) is 0.243. The maximum atomic E-state index is 5.60. The van der Waals surface area contributed by atoms with Crippen molar-refractivity contribution >= 4 is 16.3 Å². The van der Waals surface area contributed by atoms with Crippen LogP contribution < -0.4 is 11.3 Å². The Bertz CT molecular complexity index is 453. The number of imidazole rings is 1. The molecule has 0 aliphatic carbocycles. The van der Waals surface area contributed by atoms with Gasteiger partial charge >= 0.3 is 0 Å². The highest BCUT2D eigenvalue weighted by molar-refractivity contribution is 7.15. The molecule has 0 aliphatic heterocycles. The Morgan fingerprint density at radius 1 is 1.56 bits per heavy atom. The van der Waals surface area contributed by atoms with Crippen molar-refractivity contribution in [1.82, 2.24) is 14.8 Å². The molecule has 0 aromatic carbocycles. The third kappa shape index (κ3) is 3.29. The van der Waals surface area contributed by atoms with Crippen LogP contribution in [-0.4, -0.2) is 28.6 Å². The van der Waals surface area contributed by atoms with Crippen LogP contribution >= 0.6 is 11.3 Å². The molecule has 3 N–H and O–H groups in total. The molecule has 6 heteroatoms. The van der Waals surface area contributed by atoms with Gasteiger partial charge in [-0.25, -0.2) is 4.98 Å². The van der Waals surface area contributed by atoms with Crippen LogP contribution in [0.2, 0.25) is 0 Å². The summed E-state index contributed by atoms with van der Waals surface area (Å²) >= 11 is 1.64. The summed E-state index contributed by atoms with van der Waals surface area (Å²) in [7, 11) is 1.74. The predicted octanol–water partition coefficient (Wildman–Crippen LogP) is 1.59. The molecule has 18 heavy (non-hydrogen) atoms. The second kappa shape index (κ2) is 6.29. The fourth-order valence-electron chi connectivity index (χ4n) is 1.92. The summed E-state index contributed by atoms with van der Waals surface area (Å²) in [6.07, 6.45) is 7.18. The lowest BCUT2D eigenvalue weighted by Gasteiger charge is -2.16. The van der Waals surface area contributed by atoms with Crippen LogP contribution in [0.25, 0.3) is 4.96 Å². The lowest BCUT2D eigenvalue weighted by atomic mass is 10.0. The molecule has 5 nitrogen and oxygen atoms in total. The zero-order valence-electron chi connectivity index (χ0n) is 10.8. The van der Waals surface area contributed by atoms with Gasteiger partial charge < -0.3 is 4.74 Å². The molecule has 2 aromatic heterocycles. The second-order valence-electron chi connectivity index (χ2n) is 4.52. The number of nitrogens with zero attached hydrogens (tertiary/aromatic N) is 2. The number of nitrogens with two attached hydrogens (primary N) is 1. The summed E-state index contributed by atoms with van der Waals surface area (Å²) in [4.78, 5) is 5.60. The Morgan fingerprint density at radius 2 is 2.39 bits per heavy atom. The van der Waals surface area contributed by atoms with Gasteiger partial charge in [-0.1, -0.05) is 0 Å². The molecule has 2 unspecified atom stereocenters. The molecule has 0 aliphatic rings. The van der Waals surface area contributed by atoms with E-state index in [1.54, 1.807) is 18.4 Å². The van der Waals surface area contributed by atoms with Crippen LogP contribution in [-0.2, 0) is 11.2 Å². The van der Waals surface area contributed by atoms with Gasteiger partial charge in [0.1, 0.15) is 0 Å². The van der Waals surface area contributed by atoms with E-state index in [-0.39, 0.29) is 12.1 Å². The van der Waals surface area contributed by atoms with Crippen molar-refractivity contribution < 1.29 is 4.74 Å². The summed E-state index contributed by atoms with van der Waals surface area (Å²) in [5.41, 5.74) is 3.94. The Hall–Kier alpha value is -0.950. The van der Waals surface area contributed by atoms with E-state index in [9.17, 15) is 0 Å². The molecule has 0 amide bonds. The van der Waals surface area contributed by atoms with Crippen molar-refractivity contribution in [2.75, 3.05) is 7.11 Å². The number of ether oxygens (including phenoxy) is 1. The number of rotatable bonds is 7. The second-order valence-corrected chi connectivity index (χ2v) is 5.39. The van der Waals surface area contributed by atoms with E-state index in [1.807, 2.05) is 16.0 Å². The zero-order valence-corrected chi connectivity index (χ0v) is 11.6. The maximum Gasteiger partial charge on any atom is 0.193 e. The smallest absolute Gasteiger partial charge is 0.193 e. The van der Waals surface area contributed by atoms with E-state index in [0.29, 0.717) is 0 Å². The number of hydrogen-bond acceptors (Lipinski definition) is 5. The van der Waals surface area contributed by atoms with Crippen LogP contribution in [0.4, 0.5) is 0 Å². The highest BCUT2D eigenvalue weighted by atomic mass is 32.1. The van der Waals surface area contributed by atoms with Crippen molar-refractivity contribution in [2.24, 2.45) is 5.84 Å². The van der Waals surface area contributed by atoms with Crippen LogP contribution in [0.5, 0.6) is 0 Å². The third-order valence-corrected chi connectivity index (χ3v) is 3.93. The number of hydrogen-bond donors (Lipinski definition) is 2. The van der Waals surface area contributed by atoms with Crippen LogP contribution in [0.3, 0.4) is 0 Å². The fourth-order valence-corrected chi connectivity index (χ4v) is 2.64. The Kier molecular flexibility index (Phi) is 4.71. The van der Waals surface area contributed by atoms with Gasteiger partial charge in [0.2, 0.25) is 0 Å². The third-order valence-electron chi connectivity index (χ3n) is 3.16. The van der Waals surface area contributed by atoms with Gasteiger partial charge in [-0.05, 0) is 19.8 Å². The summed E-state index contributed by atoms with van der Waals surface area (Å²) in [6.45, 7) is 2.07. The molecule has 0 radical (unpaired) electrons. The number of thiazole rings is 1. The fraction of sp³-hybridized carbons (Fsp3) is 0.583. The normalized spacial score (nSPS) is 15.1. The predicted molar refractivity (Wildman–Crippen MR) is 73.6 cm³/mol. The maximum absolute atomic E-state index is 5.60. The number of aromatic nitrogens is 2. The van der Waals surface area contributed by atoms with Crippen molar-refractivity contribution in [2.45, 2.75) is 38.3 Å². The van der Waals surface area contributed by atoms with Crippen molar-refractivity contribution in [3.63, 3.8) is 0 Å². The van der Waals surface area contributed by atoms with Crippen LogP contribution in [0.15, 0.2) is 17.8 Å².